The van der Waals surface area contributed by atoms with Crippen molar-refractivity contribution < 1.29 is 27.5 Å². The number of carbonyl (C=O) groups is 1. The molecule has 1 aliphatic carbocycles. The fourth-order valence-electron chi connectivity index (χ4n) is 3.62. The third-order valence-electron chi connectivity index (χ3n) is 4.71. The summed E-state index contributed by atoms with van der Waals surface area (Å²) >= 11 is 0. The molecule has 0 amide bonds. The average molecular weight is 323 g/mol. The first kappa shape index (κ1) is 17.5. The number of rotatable bonds is 5. The summed E-state index contributed by atoms with van der Waals surface area (Å²) in [5.74, 6) is -1.37. The third-order valence-corrected chi connectivity index (χ3v) is 4.71. The van der Waals surface area contributed by atoms with Gasteiger partial charge in [-0.3, -0.25) is 0 Å². The van der Waals surface area contributed by atoms with Gasteiger partial charge in [0, 0.05) is 6.61 Å². The van der Waals surface area contributed by atoms with Crippen LogP contribution in [-0.4, -0.2) is 42.5 Å². The molecule has 2 unspecified atom stereocenters. The largest absolute Gasteiger partial charge is 0.492 e. The molecule has 2 fully saturated rings. The SMILES string of the molecule is CCCOC1(C2CCCCC2C)CN(OC(=O)C(F)(F)F)C1. The zero-order valence-corrected chi connectivity index (χ0v) is 13.1. The molecule has 0 aromatic carbocycles. The zero-order chi connectivity index (χ0) is 16.4. The van der Waals surface area contributed by atoms with Crippen LogP contribution in [0, 0.1) is 11.8 Å². The molecule has 0 radical (unpaired) electrons. The summed E-state index contributed by atoms with van der Waals surface area (Å²) in [5, 5.41) is 1.08. The lowest BCUT2D eigenvalue weighted by molar-refractivity contribution is -0.307. The molecule has 1 heterocycles. The van der Waals surface area contributed by atoms with Crippen LogP contribution in [0.5, 0.6) is 0 Å². The molecule has 7 heteroatoms. The molecular weight excluding hydrogens is 299 g/mol. The van der Waals surface area contributed by atoms with Crippen LogP contribution in [0.25, 0.3) is 0 Å². The van der Waals surface area contributed by atoms with Gasteiger partial charge in [0.2, 0.25) is 0 Å². The van der Waals surface area contributed by atoms with E-state index in [-0.39, 0.29) is 13.1 Å². The number of hydrogen-bond acceptors (Lipinski definition) is 4. The molecule has 1 saturated heterocycles. The van der Waals surface area contributed by atoms with Crippen LogP contribution in [0.4, 0.5) is 13.2 Å². The molecule has 2 atom stereocenters. The van der Waals surface area contributed by atoms with E-state index >= 15 is 0 Å². The van der Waals surface area contributed by atoms with Gasteiger partial charge < -0.3 is 9.57 Å². The van der Waals surface area contributed by atoms with E-state index in [1.165, 1.54) is 6.42 Å². The van der Waals surface area contributed by atoms with E-state index in [0.29, 0.717) is 18.4 Å². The molecule has 0 aromatic rings. The van der Waals surface area contributed by atoms with Crippen molar-refractivity contribution in [2.45, 2.75) is 57.7 Å². The van der Waals surface area contributed by atoms with Crippen LogP contribution < -0.4 is 0 Å². The standard InChI is InChI=1S/C15H24F3NO3/c1-3-8-21-14(12-7-5-4-6-11(12)2)9-19(10-14)22-13(20)15(16,17)18/h11-12H,3-10H2,1-2H3. The van der Waals surface area contributed by atoms with E-state index in [1.54, 1.807) is 0 Å². The van der Waals surface area contributed by atoms with Crippen molar-refractivity contribution in [1.82, 2.24) is 5.06 Å². The van der Waals surface area contributed by atoms with Crippen LogP contribution in [0.3, 0.4) is 0 Å². The highest BCUT2D eigenvalue weighted by molar-refractivity contribution is 5.75. The second-order valence-corrected chi connectivity index (χ2v) is 6.46. The lowest BCUT2D eigenvalue weighted by Crippen LogP contribution is -2.68. The van der Waals surface area contributed by atoms with Crippen molar-refractivity contribution in [2.75, 3.05) is 19.7 Å². The smallest absolute Gasteiger partial charge is 0.372 e. The predicted molar refractivity (Wildman–Crippen MR) is 73.8 cm³/mol. The molecule has 0 spiro atoms. The average Bonchev–Trinajstić information content (AvgIpc) is 2.41. The summed E-state index contributed by atoms with van der Waals surface area (Å²) in [6.45, 7) is 5.20. The van der Waals surface area contributed by atoms with Crippen molar-refractivity contribution in [3.63, 3.8) is 0 Å². The number of ether oxygens (including phenoxy) is 1. The fraction of sp³-hybridized carbons (Fsp3) is 0.933. The first-order valence-electron chi connectivity index (χ1n) is 7.96. The van der Waals surface area contributed by atoms with Gasteiger partial charge >= 0.3 is 12.1 Å². The van der Waals surface area contributed by atoms with Crippen molar-refractivity contribution in [2.24, 2.45) is 11.8 Å². The maximum Gasteiger partial charge on any atom is 0.492 e. The number of hydrogen-bond donors (Lipinski definition) is 0. The van der Waals surface area contributed by atoms with Gasteiger partial charge in [-0.15, -0.1) is 5.06 Å². The maximum absolute atomic E-state index is 12.2. The Labute approximate surface area is 128 Å². The van der Waals surface area contributed by atoms with E-state index in [9.17, 15) is 18.0 Å². The van der Waals surface area contributed by atoms with Crippen molar-refractivity contribution >= 4 is 5.97 Å². The minimum absolute atomic E-state index is 0.226. The summed E-state index contributed by atoms with van der Waals surface area (Å²) in [7, 11) is 0. The topological polar surface area (TPSA) is 38.8 Å². The second kappa shape index (κ2) is 6.74. The van der Waals surface area contributed by atoms with Crippen LogP contribution in [0.2, 0.25) is 0 Å². The lowest BCUT2D eigenvalue weighted by Gasteiger charge is -2.54. The Bertz CT molecular complexity index is 394. The summed E-state index contributed by atoms with van der Waals surface area (Å²) in [5.41, 5.74) is -0.471. The van der Waals surface area contributed by atoms with Gasteiger partial charge in [-0.1, -0.05) is 33.1 Å². The van der Waals surface area contributed by atoms with Crippen LogP contribution >= 0.6 is 0 Å². The van der Waals surface area contributed by atoms with E-state index in [0.717, 1.165) is 30.7 Å². The predicted octanol–water partition coefficient (Wildman–Crippen LogP) is 3.31. The lowest BCUT2D eigenvalue weighted by atomic mass is 9.68. The highest BCUT2D eigenvalue weighted by Crippen LogP contribution is 2.44. The monoisotopic (exact) mass is 323 g/mol. The number of alkyl halides is 3. The molecule has 0 bridgehead atoms. The van der Waals surface area contributed by atoms with Crippen molar-refractivity contribution in [3.8, 4) is 0 Å². The molecule has 0 aromatic heterocycles. The minimum atomic E-state index is -4.96. The van der Waals surface area contributed by atoms with E-state index in [4.69, 9.17) is 4.74 Å². The Hall–Kier alpha value is -0.820. The maximum atomic E-state index is 12.2. The van der Waals surface area contributed by atoms with Crippen molar-refractivity contribution in [3.05, 3.63) is 0 Å². The van der Waals surface area contributed by atoms with Crippen LogP contribution in [0.15, 0.2) is 0 Å². The highest BCUT2D eigenvalue weighted by atomic mass is 19.4. The first-order chi connectivity index (χ1) is 10.3. The Morgan fingerprint density at radius 3 is 2.45 bits per heavy atom. The molecule has 4 nitrogen and oxygen atoms in total. The summed E-state index contributed by atoms with van der Waals surface area (Å²) in [6, 6.07) is 0. The Kier molecular flexibility index (Phi) is 5.37. The first-order valence-corrected chi connectivity index (χ1v) is 7.96. The zero-order valence-electron chi connectivity index (χ0n) is 13.1. The molecular formula is C15H24F3NO3. The third kappa shape index (κ3) is 3.74. The van der Waals surface area contributed by atoms with Gasteiger partial charge in [0.05, 0.1) is 13.1 Å². The number of carbonyl (C=O) groups excluding carboxylic acids is 1. The molecule has 0 N–H and O–H groups in total. The van der Waals surface area contributed by atoms with Gasteiger partial charge in [-0.2, -0.15) is 13.2 Å². The van der Waals surface area contributed by atoms with Gasteiger partial charge in [-0.25, -0.2) is 4.79 Å². The number of nitrogens with zero attached hydrogens (tertiary/aromatic N) is 1. The normalized spacial score (nSPS) is 29.0. The highest BCUT2D eigenvalue weighted by Gasteiger charge is 2.55. The molecule has 1 saturated carbocycles. The van der Waals surface area contributed by atoms with Gasteiger partial charge in [-0.05, 0) is 24.7 Å². The van der Waals surface area contributed by atoms with Crippen molar-refractivity contribution in [1.29, 1.82) is 0 Å². The second-order valence-electron chi connectivity index (χ2n) is 6.46. The Morgan fingerprint density at radius 2 is 1.91 bits per heavy atom. The van der Waals surface area contributed by atoms with Gasteiger partial charge in [0.15, 0.2) is 0 Å². The summed E-state index contributed by atoms with van der Waals surface area (Å²) in [4.78, 5) is 15.3. The van der Waals surface area contributed by atoms with Crippen LogP contribution in [-0.2, 0) is 14.4 Å². The molecule has 2 rings (SSSR count). The summed E-state index contributed by atoms with van der Waals surface area (Å²) in [6.07, 6.45) is 0.338. The Balaban J connectivity index is 1.97. The molecule has 128 valence electrons. The van der Waals surface area contributed by atoms with E-state index in [1.807, 2.05) is 6.92 Å². The minimum Gasteiger partial charge on any atom is -0.372 e. The molecule has 22 heavy (non-hydrogen) atoms. The van der Waals surface area contributed by atoms with E-state index < -0.39 is 17.7 Å². The quantitative estimate of drug-likeness (QED) is 0.778. The fourth-order valence-corrected chi connectivity index (χ4v) is 3.62. The molecule has 1 aliphatic heterocycles. The molecule has 2 aliphatic rings. The number of hydroxylamine groups is 2. The van der Waals surface area contributed by atoms with Gasteiger partial charge in [0.1, 0.15) is 5.60 Å². The van der Waals surface area contributed by atoms with Crippen LogP contribution in [0.1, 0.15) is 46.0 Å². The summed E-state index contributed by atoms with van der Waals surface area (Å²) < 4.78 is 42.8. The Morgan fingerprint density at radius 1 is 1.27 bits per heavy atom. The van der Waals surface area contributed by atoms with Gasteiger partial charge in [0.25, 0.3) is 0 Å². The number of halogens is 3. The van der Waals surface area contributed by atoms with E-state index in [2.05, 4.69) is 11.8 Å².